The molecule has 6 atom stereocenters. The Kier molecular flexibility index (Phi) is 2.60. The van der Waals surface area contributed by atoms with Gasteiger partial charge < -0.3 is 24.1 Å². The third-order valence-electron chi connectivity index (χ3n) is 3.55. The number of ether oxygens (including phenoxy) is 3. The number of fused-ring (bicyclic) bond motifs is 1. The Morgan fingerprint density at radius 1 is 1.33 bits per heavy atom. The van der Waals surface area contributed by atoms with Crippen molar-refractivity contribution in [2.75, 3.05) is 5.33 Å². The van der Waals surface area contributed by atoms with Gasteiger partial charge in [0.25, 0.3) is 0 Å². The molecular formula is C10H8BrO7-. The molecule has 18 heavy (non-hydrogen) atoms. The Balaban J connectivity index is 1.89. The summed E-state index contributed by atoms with van der Waals surface area (Å²) in [4.78, 5) is 33.9. The van der Waals surface area contributed by atoms with E-state index >= 15 is 0 Å². The number of carbonyl (C=O) groups excluding carboxylic acids is 3. The van der Waals surface area contributed by atoms with Crippen molar-refractivity contribution in [3.63, 3.8) is 0 Å². The highest BCUT2D eigenvalue weighted by atomic mass is 79.9. The first-order chi connectivity index (χ1) is 8.54. The third-order valence-corrected chi connectivity index (χ3v) is 4.01. The van der Waals surface area contributed by atoms with E-state index in [0.717, 1.165) is 0 Å². The van der Waals surface area contributed by atoms with Crippen molar-refractivity contribution >= 4 is 33.8 Å². The second-order valence-corrected chi connectivity index (χ2v) is 4.99. The van der Waals surface area contributed by atoms with Crippen molar-refractivity contribution in [2.24, 2.45) is 11.8 Å². The molecular weight excluding hydrogens is 312 g/mol. The predicted molar refractivity (Wildman–Crippen MR) is 54.2 cm³/mol. The number of carbonyl (C=O) groups is 3. The summed E-state index contributed by atoms with van der Waals surface area (Å²) in [6.45, 7) is 0. The van der Waals surface area contributed by atoms with Crippen molar-refractivity contribution in [2.45, 2.75) is 24.4 Å². The van der Waals surface area contributed by atoms with Crippen LogP contribution in [0.25, 0.3) is 0 Å². The van der Waals surface area contributed by atoms with Gasteiger partial charge in [-0.15, -0.1) is 0 Å². The number of rotatable bonds is 3. The fourth-order valence-electron chi connectivity index (χ4n) is 2.92. The molecule has 0 aromatic heterocycles. The maximum Gasteiger partial charge on any atom is 0.317 e. The number of carboxylic acids is 1. The van der Waals surface area contributed by atoms with Gasteiger partial charge >= 0.3 is 11.9 Å². The Morgan fingerprint density at radius 2 is 2.06 bits per heavy atom. The smallest absolute Gasteiger partial charge is 0.317 e. The minimum atomic E-state index is -1.38. The molecule has 0 aromatic rings. The van der Waals surface area contributed by atoms with Gasteiger partial charge in [0.05, 0.1) is 5.92 Å². The average molecular weight is 320 g/mol. The van der Waals surface area contributed by atoms with Crippen molar-refractivity contribution in [3.8, 4) is 0 Å². The molecule has 0 amide bonds. The molecule has 0 aromatic carbocycles. The zero-order valence-corrected chi connectivity index (χ0v) is 10.5. The number of carboxylic acid groups (broad SMARTS) is 1. The molecule has 3 aliphatic heterocycles. The lowest BCUT2D eigenvalue weighted by atomic mass is 9.78. The molecule has 0 aliphatic carbocycles. The molecule has 7 nitrogen and oxygen atoms in total. The number of hydrogen-bond acceptors (Lipinski definition) is 7. The lowest BCUT2D eigenvalue weighted by Gasteiger charge is -2.28. The van der Waals surface area contributed by atoms with E-state index in [1.54, 1.807) is 0 Å². The molecule has 2 bridgehead atoms. The Labute approximate surface area is 109 Å². The van der Waals surface area contributed by atoms with Crippen LogP contribution in [-0.4, -0.2) is 47.7 Å². The van der Waals surface area contributed by atoms with E-state index in [1.165, 1.54) is 0 Å². The van der Waals surface area contributed by atoms with E-state index < -0.39 is 54.2 Å². The highest BCUT2D eigenvalue weighted by molar-refractivity contribution is 9.09. The molecule has 0 saturated carbocycles. The molecule has 0 N–H and O–H groups in total. The molecule has 8 heteroatoms. The summed E-state index contributed by atoms with van der Waals surface area (Å²) in [5.74, 6) is -4.53. The summed E-state index contributed by atoms with van der Waals surface area (Å²) in [5, 5.41) is 11.1. The first-order valence-electron chi connectivity index (χ1n) is 5.37. The van der Waals surface area contributed by atoms with Crippen molar-refractivity contribution < 1.29 is 33.7 Å². The van der Waals surface area contributed by atoms with E-state index in [9.17, 15) is 19.5 Å². The predicted octanol–water partition coefficient (Wildman–Crippen LogP) is -2.02. The van der Waals surface area contributed by atoms with Crippen molar-refractivity contribution in [3.05, 3.63) is 0 Å². The molecule has 98 valence electrons. The van der Waals surface area contributed by atoms with E-state index in [-0.39, 0.29) is 5.33 Å². The molecule has 6 unspecified atom stereocenters. The molecule has 0 spiro atoms. The summed E-state index contributed by atoms with van der Waals surface area (Å²) < 4.78 is 15.5. The molecule has 3 fully saturated rings. The molecule has 3 saturated heterocycles. The molecule has 0 radical (unpaired) electrons. The number of halogens is 1. The van der Waals surface area contributed by atoms with Crippen LogP contribution in [0.4, 0.5) is 0 Å². The first kappa shape index (κ1) is 11.9. The second kappa shape index (κ2) is 3.92. The largest absolute Gasteiger partial charge is 0.550 e. The summed E-state index contributed by atoms with van der Waals surface area (Å²) in [6.07, 6.45) is -3.10. The maximum absolute atomic E-state index is 11.6. The van der Waals surface area contributed by atoms with Crippen LogP contribution in [-0.2, 0) is 28.6 Å². The van der Waals surface area contributed by atoms with E-state index in [2.05, 4.69) is 15.9 Å². The van der Waals surface area contributed by atoms with Gasteiger partial charge in [0, 0.05) is 11.9 Å². The number of esters is 2. The van der Waals surface area contributed by atoms with Crippen LogP contribution in [0.2, 0.25) is 0 Å². The number of hydrogen-bond donors (Lipinski definition) is 0. The van der Waals surface area contributed by atoms with Crippen LogP contribution < -0.4 is 5.11 Å². The Morgan fingerprint density at radius 3 is 2.67 bits per heavy atom. The summed E-state index contributed by atoms with van der Waals surface area (Å²) >= 11 is 2.93. The summed E-state index contributed by atoms with van der Waals surface area (Å²) in [7, 11) is 0. The van der Waals surface area contributed by atoms with Crippen LogP contribution in [0.1, 0.15) is 0 Å². The van der Waals surface area contributed by atoms with Crippen LogP contribution >= 0.6 is 15.9 Å². The monoisotopic (exact) mass is 319 g/mol. The topological polar surface area (TPSA) is 102 Å². The van der Waals surface area contributed by atoms with Crippen molar-refractivity contribution in [1.82, 2.24) is 0 Å². The van der Waals surface area contributed by atoms with Crippen molar-refractivity contribution in [1.29, 1.82) is 0 Å². The Bertz CT molecular complexity index is 436. The van der Waals surface area contributed by atoms with Crippen LogP contribution in [0.3, 0.4) is 0 Å². The third kappa shape index (κ3) is 1.42. The fourth-order valence-corrected chi connectivity index (χ4v) is 3.05. The van der Waals surface area contributed by atoms with E-state index in [0.29, 0.717) is 0 Å². The number of alkyl halides is 1. The van der Waals surface area contributed by atoms with Crippen LogP contribution in [0, 0.1) is 11.8 Å². The summed E-state index contributed by atoms with van der Waals surface area (Å²) in [5.41, 5.74) is 0. The zero-order chi connectivity index (χ0) is 13.0. The lowest BCUT2D eigenvalue weighted by molar-refractivity contribution is -0.314. The van der Waals surface area contributed by atoms with Gasteiger partial charge in [-0.25, -0.2) is 0 Å². The second-order valence-electron chi connectivity index (χ2n) is 4.43. The van der Waals surface area contributed by atoms with Crippen LogP contribution in [0.15, 0.2) is 0 Å². The standard InChI is InChI=1S/C10H9BrO7/c11-1-2(12)16-7-5-3(9(13)14)4-6(17-5)8(7)18-10(4)15/h3-8H,1H2,(H,13,14)/p-1. The fraction of sp³-hybridized carbons (Fsp3) is 0.700. The van der Waals surface area contributed by atoms with Gasteiger partial charge in [-0.2, -0.15) is 0 Å². The zero-order valence-electron chi connectivity index (χ0n) is 8.91. The SMILES string of the molecule is O=C(CBr)OC1C2OC(=O)C3C2OC1C3C(=O)[O-]. The van der Waals surface area contributed by atoms with E-state index in [1.807, 2.05) is 0 Å². The van der Waals surface area contributed by atoms with Gasteiger partial charge in [-0.3, -0.25) is 9.59 Å². The van der Waals surface area contributed by atoms with Gasteiger partial charge in [0.15, 0.2) is 12.2 Å². The Hall–Kier alpha value is -1.15. The van der Waals surface area contributed by atoms with E-state index in [4.69, 9.17) is 14.2 Å². The molecule has 3 heterocycles. The summed E-state index contributed by atoms with van der Waals surface area (Å²) in [6, 6.07) is 0. The van der Waals surface area contributed by atoms with Gasteiger partial charge in [-0.05, 0) is 0 Å². The number of aliphatic carboxylic acids is 1. The highest BCUT2D eigenvalue weighted by Gasteiger charge is 2.70. The van der Waals surface area contributed by atoms with Gasteiger partial charge in [0.2, 0.25) is 0 Å². The normalized spacial score (nSPS) is 43.9. The minimum absolute atomic E-state index is 0.0268. The molecule has 3 aliphatic rings. The maximum atomic E-state index is 11.6. The van der Waals surface area contributed by atoms with Crippen LogP contribution in [0.5, 0.6) is 0 Å². The van der Waals surface area contributed by atoms with Gasteiger partial charge in [0.1, 0.15) is 17.5 Å². The first-order valence-corrected chi connectivity index (χ1v) is 6.49. The average Bonchev–Trinajstić information content (AvgIpc) is 2.91. The van der Waals surface area contributed by atoms with Gasteiger partial charge in [-0.1, -0.05) is 15.9 Å². The molecule has 3 rings (SSSR count). The highest BCUT2D eigenvalue weighted by Crippen LogP contribution is 2.50. The lowest BCUT2D eigenvalue weighted by Crippen LogP contribution is -2.51. The minimum Gasteiger partial charge on any atom is -0.550 e. The quantitative estimate of drug-likeness (QED) is 0.437.